The third-order valence-corrected chi connectivity index (χ3v) is 15.2. The van der Waals surface area contributed by atoms with Gasteiger partial charge in [-0.25, -0.2) is 0 Å². The number of hydrogen-bond donors (Lipinski definition) is 3. The maximum absolute atomic E-state index is 12.8. The van der Waals surface area contributed by atoms with Gasteiger partial charge in [0.2, 0.25) is 23.6 Å². The summed E-state index contributed by atoms with van der Waals surface area (Å²) >= 11 is 0. The van der Waals surface area contributed by atoms with E-state index in [9.17, 15) is 19.2 Å². The van der Waals surface area contributed by atoms with E-state index < -0.39 is 12.0 Å². The van der Waals surface area contributed by atoms with E-state index in [2.05, 4.69) is 22.4 Å². The Labute approximate surface area is 518 Å². The molecule has 0 aliphatic carbocycles. The zero-order valence-electron chi connectivity index (χ0n) is 50.3. The number of pyridine rings is 1. The molecule has 3 aliphatic heterocycles. The first-order valence-corrected chi connectivity index (χ1v) is 29.2. The highest BCUT2D eigenvalue weighted by Crippen LogP contribution is 2.41. The van der Waals surface area contributed by atoms with Crippen molar-refractivity contribution in [2.45, 2.75) is 82.3 Å². The summed E-state index contributed by atoms with van der Waals surface area (Å²) in [5.74, 6) is 3.31. The summed E-state index contributed by atoms with van der Waals surface area (Å²) in [5, 5.41) is 29.6. The highest BCUT2D eigenvalue weighted by Gasteiger charge is 2.35. The van der Waals surface area contributed by atoms with Crippen LogP contribution in [-0.4, -0.2) is 88.8 Å². The number of anilines is 5. The number of nitrogens with two attached hydrogens (primary N) is 2. The first-order chi connectivity index (χ1) is 43.2. The summed E-state index contributed by atoms with van der Waals surface area (Å²) < 4.78 is 33.6. The molecule has 5 N–H and O–H groups in total. The normalized spacial score (nSPS) is 16.1. The molecule has 10 rings (SSSR count). The van der Waals surface area contributed by atoms with Gasteiger partial charge in [0.1, 0.15) is 12.7 Å². The number of benzene rings is 6. The number of nitrogens with one attached hydrogen (secondary N) is 1. The van der Waals surface area contributed by atoms with Crippen LogP contribution in [0.15, 0.2) is 152 Å². The van der Waals surface area contributed by atoms with E-state index in [0.29, 0.717) is 123 Å². The molecule has 458 valence electrons. The van der Waals surface area contributed by atoms with Crippen LogP contribution in [0.2, 0.25) is 0 Å². The molecule has 20 heteroatoms. The number of hydrogen-bond acceptors (Lipinski definition) is 16. The molecule has 0 spiro atoms. The van der Waals surface area contributed by atoms with Gasteiger partial charge in [-0.2, -0.15) is 15.8 Å². The number of primary amides is 1. The van der Waals surface area contributed by atoms with Crippen molar-refractivity contribution in [1.82, 2.24) is 4.98 Å². The maximum Gasteiger partial charge on any atom is 0.248 e. The molecule has 2 unspecified atom stereocenters. The van der Waals surface area contributed by atoms with Crippen molar-refractivity contribution in [2.24, 2.45) is 5.73 Å². The van der Waals surface area contributed by atoms with Crippen molar-refractivity contribution in [3.8, 4) is 52.7 Å². The van der Waals surface area contributed by atoms with Crippen LogP contribution in [0.1, 0.15) is 102 Å². The number of methoxy groups -OCH3 is 3. The van der Waals surface area contributed by atoms with Crippen LogP contribution in [-0.2, 0) is 21.0 Å². The van der Waals surface area contributed by atoms with Crippen molar-refractivity contribution in [3.63, 3.8) is 0 Å². The molecule has 6 aromatic carbocycles. The standard InChI is InChI=1S/C25H28N4O3.C24H23N3O4.C20H21N3O3/c1-31-23-10-9-19(15-24(23)32-14-5-3-12-27)20-16-25(30)29(18-20)22-8-6-7-21(17-22)28-13-4-2-11-26;1-30-21-8-7-17(11-22(21)31-15-16-4-3-9-26-13-16)19-12-23(28)27(14-19)20-6-2-5-18(10-20)24(25)29;1-13(11-21)26-19-8-14(6-7-18(19)25-2)15-9-20(24)23(12-15)17-5-3-4-16(22)10-17/h6-10,15,17,20,28H,2-5,13-14,16,18H2,1H3;2-11,13,19H,12,14-15H2,1H3,(H2,25,29);3-8,10,13,15H,9,12,22H2,1-2H3/t20-;;13?,15-/m0.0/s1. The molecule has 4 amide bonds. The van der Waals surface area contributed by atoms with E-state index in [1.54, 1.807) is 80.8 Å². The van der Waals surface area contributed by atoms with Gasteiger partial charge in [0.05, 0.1) is 40.1 Å². The van der Waals surface area contributed by atoms with Crippen LogP contribution < -0.4 is 59.9 Å². The Bertz CT molecular complexity index is 3730. The number of carbonyl (C=O) groups excluding carboxylic acids is 4. The molecule has 7 aromatic rings. The lowest BCUT2D eigenvalue weighted by Gasteiger charge is -2.19. The summed E-state index contributed by atoms with van der Waals surface area (Å²) in [6.45, 7) is 4.87. The van der Waals surface area contributed by atoms with Crippen LogP contribution in [0.4, 0.5) is 28.4 Å². The Morgan fingerprint density at radius 1 is 0.607 bits per heavy atom. The molecule has 0 radical (unpaired) electrons. The third kappa shape index (κ3) is 17.2. The number of rotatable bonds is 23. The molecule has 4 heterocycles. The van der Waals surface area contributed by atoms with Crippen molar-refractivity contribution in [3.05, 3.63) is 180 Å². The Morgan fingerprint density at radius 3 is 1.63 bits per heavy atom. The van der Waals surface area contributed by atoms with Crippen molar-refractivity contribution in [1.29, 1.82) is 15.8 Å². The number of nitrogens with zero attached hydrogens (tertiary/aromatic N) is 7. The number of carbonyl (C=O) groups is 4. The summed E-state index contributed by atoms with van der Waals surface area (Å²) in [4.78, 5) is 58.9. The predicted octanol–water partition coefficient (Wildman–Crippen LogP) is 11.0. The Morgan fingerprint density at radius 2 is 1.11 bits per heavy atom. The number of ether oxygens (including phenoxy) is 6. The van der Waals surface area contributed by atoms with Gasteiger partial charge in [0, 0.05) is 128 Å². The quantitative estimate of drug-likeness (QED) is 0.0396. The number of amides is 4. The van der Waals surface area contributed by atoms with Gasteiger partial charge in [-0.05, 0) is 134 Å². The topological polar surface area (TPSA) is 282 Å². The molecule has 0 saturated carbocycles. The van der Waals surface area contributed by atoms with E-state index in [1.165, 1.54) is 0 Å². The molecular formula is C69H72N10O10. The lowest BCUT2D eigenvalue weighted by Crippen LogP contribution is -2.24. The maximum atomic E-state index is 12.8. The fraction of sp³-hybridized carbons (Fsp3) is 0.304. The molecule has 3 aliphatic rings. The highest BCUT2D eigenvalue weighted by molar-refractivity contribution is 6.00. The summed E-state index contributed by atoms with van der Waals surface area (Å²) in [5.41, 5.74) is 19.4. The zero-order valence-corrected chi connectivity index (χ0v) is 50.3. The van der Waals surface area contributed by atoms with Crippen LogP contribution in [0.3, 0.4) is 0 Å². The van der Waals surface area contributed by atoms with Gasteiger partial charge in [-0.3, -0.25) is 24.2 Å². The molecule has 3 fully saturated rings. The zero-order chi connectivity index (χ0) is 63.2. The fourth-order valence-corrected chi connectivity index (χ4v) is 10.6. The number of nitrogen functional groups attached to an aromatic ring is 1. The van der Waals surface area contributed by atoms with Crippen LogP contribution in [0, 0.1) is 34.0 Å². The van der Waals surface area contributed by atoms with E-state index in [-0.39, 0.29) is 35.5 Å². The van der Waals surface area contributed by atoms with Crippen molar-refractivity contribution < 1.29 is 47.6 Å². The predicted molar refractivity (Wildman–Crippen MR) is 338 cm³/mol. The average molecular weight is 1200 g/mol. The summed E-state index contributed by atoms with van der Waals surface area (Å²) in [6.07, 6.45) is 6.49. The largest absolute Gasteiger partial charge is 0.493 e. The van der Waals surface area contributed by atoms with Crippen molar-refractivity contribution in [2.75, 3.05) is 79.9 Å². The fourth-order valence-electron chi connectivity index (χ4n) is 10.6. The van der Waals surface area contributed by atoms with E-state index >= 15 is 0 Å². The Kier molecular flexibility index (Phi) is 22.8. The number of unbranched alkanes of at least 4 members (excludes halogenated alkanes) is 2. The summed E-state index contributed by atoms with van der Waals surface area (Å²) in [6, 6.07) is 49.2. The lowest BCUT2D eigenvalue weighted by molar-refractivity contribution is -0.118. The molecule has 0 bridgehead atoms. The van der Waals surface area contributed by atoms with Gasteiger partial charge in [-0.15, -0.1) is 0 Å². The Hall–Kier alpha value is -10.8. The van der Waals surface area contributed by atoms with Gasteiger partial charge >= 0.3 is 0 Å². The smallest absolute Gasteiger partial charge is 0.248 e. The molecule has 4 atom stereocenters. The first kappa shape index (κ1) is 64.2. The monoisotopic (exact) mass is 1200 g/mol. The van der Waals surface area contributed by atoms with Crippen molar-refractivity contribution >= 4 is 52.1 Å². The van der Waals surface area contributed by atoms with Gasteiger partial charge < -0.3 is 59.9 Å². The number of aromatic nitrogens is 1. The van der Waals surface area contributed by atoms with E-state index in [4.69, 9.17) is 55.7 Å². The molecule has 20 nitrogen and oxygen atoms in total. The molecule has 89 heavy (non-hydrogen) atoms. The lowest BCUT2D eigenvalue weighted by atomic mass is 9.98. The molecule has 3 saturated heterocycles. The van der Waals surface area contributed by atoms with Gasteiger partial charge in [-0.1, -0.05) is 42.5 Å². The van der Waals surface area contributed by atoms with Gasteiger partial charge in [0.25, 0.3) is 0 Å². The molecule has 1 aromatic heterocycles. The minimum absolute atomic E-state index is 0.000247. The van der Waals surface area contributed by atoms with Crippen LogP contribution in [0.5, 0.6) is 34.5 Å². The highest BCUT2D eigenvalue weighted by atomic mass is 16.5. The minimum Gasteiger partial charge on any atom is -0.493 e. The van der Waals surface area contributed by atoms with Crippen LogP contribution in [0.25, 0.3) is 0 Å². The number of nitriles is 3. The minimum atomic E-state index is -0.590. The summed E-state index contributed by atoms with van der Waals surface area (Å²) in [7, 11) is 4.75. The first-order valence-electron chi connectivity index (χ1n) is 29.2. The Balaban J connectivity index is 0.000000174. The van der Waals surface area contributed by atoms with E-state index in [1.807, 2.05) is 120 Å². The second-order valence-corrected chi connectivity index (χ2v) is 21.3. The van der Waals surface area contributed by atoms with E-state index in [0.717, 1.165) is 52.3 Å². The molecular weight excluding hydrogens is 1130 g/mol. The second-order valence-electron chi connectivity index (χ2n) is 21.3. The van der Waals surface area contributed by atoms with Crippen LogP contribution >= 0.6 is 0 Å². The second kappa shape index (κ2) is 31.6. The van der Waals surface area contributed by atoms with Gasteiger partial charge in [0.15, 0.2) is 40.6 Å². The average Bonchev–Trinajstić information content (AvgIpc) is 2.92. The third-order valence-electron chi connectivity index (χ3n) is 15.2. The SMILES string of the molecule is COc1ccc(C2CC(=O)N(c3cccc(C(N)=O)c3)C2)cc1OCc1cccnc1.COc1ccc([C@H]2CC(=O)N(c3cccc(N)c3)C2)cc1OC(C)C#N.COc1ccc([C@H]2CC(=O)N(c3cccc(NCCCC#N)c3)C2)cc1OCCCC#N.